The normalized spacial score (nSPS) is 10.5. The van der Waals surface area contributed by atoms with E-state index in [1.165, 1.54) is 12.1 Å². The zero-order chi connectivity index (χ0) is 19.9. The Bertz CT molecular complexity index is 920. The van der Waals surface area contributed by atoms with Crippen LogP contribution in [0.5, 0.6) is 11.5 Å². The molecule has 2 aromatic carbocycles. The fourth-order valence-electron chi connectivity index (χ4n) is 2.69. The summed E-state index contributed by atoms with van der Waals surface area (Å²) in [5.41, 5.74) is 0.964. The van der Waals surface area contributed by atoms with Crippen molar-refractivity contribution in [2.45, 2.75) is 13.0 Å². The first-order valence-corrected chi connectivity index (χ1v) is 8.91. The number of ether oxygens (including phenoxy) is 2. The largest absolute Gasteiger partial charge is 0.493 e. The van der Waals surface area contributed by atoms with E-state index in [1.807, 2.05) is 18.2 Å². The van der Waals surface area contributed by atoms with E-state index in [0.717, 1.165) is 5.56 Å². The predicted molar refractivity (Wildman–Crippen MR) is 103 cm³/mol. The van der Waals surface area contributed by atoms with E-state index in [-0.39, 0.29) is 24.1 Å². The van der Waals surface area contributed by atoms with Crippen molar-refractivity contribution in [3.8, 4) is 11.5 Å². The second kappa shape index (κ2) is 9.08. The number of likely N-dealkylation sites (N-methyl/N-ethyl adjacent to an activating group) is 1. The molecular weight excluding hydrogens is 361 g/mol. The van der Waals surface area contributed by atoms with Gasteiger partial charge in [-0.25, -0.2) is 4.39 Å². The Morgan fingerprint density at radius 2 is 1.75 bits per heavy atom. The van der Waals surface area contributed by atoms with Crippen molar-refractivity contribution >= 4 is 5.91 Å². The molecule has 0 saturated heterocycles. The molecule has 0 radical (unpaired) electrons. The molecule has 0 saturated carbocycles. The van der Waals surface area contributed by atoms with Crippen molar-refractivity contribution in [2.24, 2.45) is 0 Å². The Morgan fingerprint density at radius 3 is 2.46 bits per heavy atom. The summed E-state index contributed by atoms with van der Waals surface area (Å²) in [6, 6.07) is 16.9. The highest BCUT2D eigenvalue weighted by atomic mass is 19.1. The summed E-state index contributed by atoms with van der Waals surface area (Å²) in [7, 11) is 3.28. The van der Waals surface area contributed by atoms with Crippen LogP contribution in [0.15, 0.2) is 65.1 Å². The van der Waals surface area contributed by atoms with Crippen LogP contribution in [-0.2, 0) is 13.0 Å². The molecule has 0 atom stereocenters. The maximum atomic E-state index is 13.0. The van der Waals surface area contributed by atoms with Crippen LogP contribution in [0, 0.1) is 5.82 Å². The number of nitrogens with zero attached hydrogens (tertiary/aromatic N) is 1. The van der Waals surface area contributed by atoms with Gasteiger partial charge in [0.2, 0.25) is 0 Å². The molecule has 0 spiro atoms. The molecule has 146 valence electrons. The molecular formula is C22H22FNO4. The summed E-state index contributed by atoms with van der Waals surface area (Å²) in [4.78, 5) is 14.1. The Balaban J connectivity index is 1.54. The fourth-order valence-corrected chi connectivity index (χ4v) is 2.69. The lowest BCUT2D eigenvalue weighted by molar-refractivity contribution is 0.0761. The third-order valence-corrected chi connectivity index (χ3v) is 4.31. The molecule has 28 heavy (non-hydrogen) atoms. The average molecular weight is 383 g/mol. The summed E-state index contributed by atoms with van der Waals surface area (Å²) < 4.78 is 29.5. The Morgan fingerprint density at radius 1 is 1.04 bits per heavy atom. The second-order valence-electron chi connectivity index (χ2n) is 6.31. The standard InChI is InChI=1S/C22H22FNO4/c1-24(14-13-16-7-9-17(23)10-8-16)22(25)21-12-11-18(28-21)15-27-20-6-4-3-5-19(20)26-2/h3-12H,13-15H2,1-2H3. The van der Waals surface area contributed by atoms with Gasteiger partial charge >= 0.3 is 0 Å². The van der Waals surface area contributed by atoms with Crippen molar-refractivity contribution in [3.05, 3.63) is 83.6 Å². The number of rotatable bonds is 8. The van der Waals surface area contributed by atoms with Crippen LogP contribution >= 0.6 is 0 Å². The first-order chi connectivity index (χ1) is 13.6. The number of furan rings is 1. The molecule has 3 aromatic rings. The van der Waals surface area contributed by atoms with Crippen molar-refractivity contribution in [2.75, 3.05) is 20.7 Å². The monoisotopic (exact) mass is 383 g/mol. The summed E-state index contributed by atoms with van der Waals surface area (Å²) in [5, 5.41) is 0. The molecule has 0 unspecified atom stereocenters. The summed E-state index contributed by atoms with van der Waals surface area (Å²) >= 11 is 0. The lowest BCUT2D eigenvalue weighted by Gasteiger charge is -2.15. The minimum Gasteiger partial charge on any atom is -0.493 e. The first kappa shape index (κ1) is 19.5. The Kier molecular flexibility index (Phi) is 6.32. The predicted octanol–water partition coefficient (Wildman–Crippen LogP) is 4.32. The minimum absolute atomic E-state index is 0.187. The fraction of sp³-hybridized carbons (Fsp3) is 0.227. The topological polar surface area (TPSA) is 51.9 Å². The van der Waals surface area contributed by atoms with Crippen LogP contribution < -0.4 is 9.47 Å². The molecule has 1 amide bonds. The van der Waals surface area contributed by atoms with Crippen LogP contribution in [0.4, 0.5) is 4.39 Å². The van der Waals surface area contributed by atoms with Gasteiger partial charge in [0.05, 0.1) is 7.11 Å². The zero-order valence-corrected chi connectivity index (χ0v) is 15.9. The smallest absolute Gasteiger partial charge is 0.289 e. The van der Waals surface area contributed by atoms with Gasteiger partial charge in [-0.3, -0.25) is 4.79 Å². The van der Waals surface area contributed by atoms with Gasteiger partial charge in [-0.05, 0) is 48.4 Å². The first-order valence-electron chi connectivity index (χ1n) is 8.91. The van der Waals surface area contributed by atoms with Crippen LogP contribution in [0.1, 0.15) is 21.9 Å². The highest BCUT2D eigenvalue weighted by molar-refractivity contribution is 5.91. The molecule has 0 aliphatic heterocycles. The highest BCUT2D eigenvalue weighted by Gasteiger charge is 2.16. The molecule has 6 heteroatoms. The molecule has 0 bridgehead atoms. The summed E-state index contributed by atoms with van der Waals surface area (Å²) in [5.74, 6) is 1.54. The maximum absolute atomic E-state index is 13.0. The summed E-state index contributed by atoms with van der Waals surface area (Å²) in [6.45, 7) is 0.686. The minimum atomic E-state index is -0.272. The zero-order valence-electron chi connectivity index (χ0n) is 15.9. The van der Waals surface area contributed by atoms with Crippen molar-refractivity contribution in [3.63, 3.8) is 0 Å². The molecule has 0 N–H and O–H groups in total. The van der Waals surface area contributed by atoms with Gasteiger partial charge in [-0.15, -0.1) is 0 Å². The Hall–Kier alpha value is -3.28. The van der Waals surface area contributed by atoms with Crippen molar-refractivity contribution in [1.82, 2.24) is 4.90 Å². The Labute approximate surface area is 163 Å². The quantitative estimate of drug-likeness (QED) is 0.581. The molecule has 3 rings (SSSR count). The number of benzene rings is 2. The van der Waals surface area contributed by atoms with Gasteiger partial charge in [0.25, 0.3) is 5.91 Å². The number of amides is 1. The van der Waals surface area contributed by atoms with Gasteiger partial charge in [-0.2, -0.15) is 0 Å². The third-order valence-electron chi connectivity index (χ3n) is 4.31. The number of methoxy groups -OCH3 is 1. The number of carbonyl (C=O) groups is 1. The number of para-hydroxylation sites is 2. The summed E-state index contributed by atoms with van der Waals surface area (Å²) in [6.07, 6.45) is 0.632. The lowest BCUT2D eigenvalue weighted by Crippen LogP contribution is -2.28. The van der Waals surface area contributed by atoms with Crippen LogP contribution in [-0.4, -0.2) is 31.5 Å². The van der Waals surface area contributed by atoms with Gasteiger partial charge in [0, 0.05) is 13.6 Å². The van der Waals surface area contributed by atoms with Crippen molar-refractivity contribution < 1.29 is 23.1 Å². The van der Waals surface area contributed by atoms with Gasteiger partial charge in [0.15, 0.2) is 17.3 Å². The molecule has 0 fully saturated rings. The van der Waals surface area contributed by atoms with Gasteiger partial charge < -0.3 is 18.8 Å². The molecule has 1 heterocycles. The third kappa shape index (κ3) is 4.91. The SMILES string of the molecule is COc1ccccc1OCc1ccc(C(=O)N(C)CCc2ccc(F)cc2)o1. The number of halogens is 1. The van der Waals surface area contributed by atoms with E-state index in [9.17, 15) is 9.18 Å². The van der Waals surface area contributed by atoms with E-state index in [0.29, 0.717) is 30.2 Å². The van der Waals surface area contributed by atoms with Gasteiger partial charge in [0.1, 0.15) is 18.2 Å². The molecule has 1 aromatic heterocycles. The molecule has 0 aliphatic rings. The number of hydrogen-bond donors (Lipinski definition) is 0. The van der Waals surface area contributed by atoms with E-state index in [2.05, 4.69) is 0 Å². The van der Waals surface area contributed by atoms with Crippen molar-refractivity contribution in [1.29, 1.82) is 0 Å². The van der Waals surface area contributed by atoms with Crippen LogP contribution in [0.25, 0.3) is 0 Å². The highest BCUT2D eigenvalue weighted by Crippen LogP contribution is 2.26. The van der Waals surface area contributed by atoms with E-state index < -0.39 is 0 Å². The van der Waals surface area contributed by atoms with Crippen LogP contribution in [0.3, 0.4) is 0 Å². The molecule has 0 aliphatic carbocycles. The lowest BCUT2D eigenvalue weighted by atomic mass is 10.1. The van der Waals surface area contributed by atoms with Gasteiger partial charge in [-0.1, -0.05) is 24.3 Å². The second-order valence-corrected chi connectivity index (χ2v) is 6.31. The van der Waals surface area contributed by atoms with E-state index in [1.54, 1.807) is 49.4 Å². The maximum Gasteiger partial charge on any atom is 0.289 e. The average Bonchev–Trinajstić information content (AvgIpc) is 3.20. The van der Waals surface area contributed by atoms with Crippen LogP contribution in [0.2, 0.25) is 0 Å². The number of hydrogen-bond acceptors (Lipinski definition) is 4. The van der Waals surface area contributed by atoms with E-state index in [4.69, 9.17) is 13.9 Å². The number of carbonyl (C=O) groups excluding carboxylic acids is 1. The van der Waals surface area contributed by atoms with E-state index >= 15 is 0 Å². The molecule has 5 nitrogen and oxygen atoms in total.